The van der Waals surface area contributed by atoms with Gasteiger partial charge < -0.3 is 14.8 Å². The van der Waals surface area contributed by atoms with Crippen LogP contribution in [0, 0.1) is 5.92 Å². The van der Waals surface area contributed by atoms with Crippen molar-refractivity contribution in [3.63, 3.8) is 0 Å². The normalized spacial score (nSPS) is 11.4. The first-order valence-electron chi connectivity index (χ1n) is 8.54. The van der Waals surface area contributed by atoms with Crippen molar-refractivity contribution in [3.05, 3.63) is 11.9 Å². The molecule has 0 spiro atoms. The second kappa shape index (κ2) is 11.1. The molecule has 1 heterocycles. The van der Waals surface area contributed by atoms with E-state index in [9.17, 15) is 4.79 Å². The van der Waals surface area contributed by atoms with Crippen LogP contribution in [-0.2, 0) is 27.4 Å². The van der Waals surface area contributed by atoms with E-state index in [-0.39, 0.29) is 18.1 Å². The molecule has 1 amide bonds. The number of hydrogen-bond donors (Lipinski definition) is 1. The van der Waals surface area contributed by atoms with E-state index in [4.69, 9.17) is 9.47 Å². The molecular weight excluding hydrogens is 296 g/mol. The van der Waals surface area contributed by atoms with Crippen LogP contribution < -0.4 is 5.32 Å². The van der Waals surface area contributed by atoms with E-state index in [0.717, 1.165) is 18.5 Å². The summed E-state index contributed by atoms with van der Waals surface area (Å²) in [7, 11) is 0. The number of aromatic nitrogens is 3. The van der Waals surface area contributed by atoms with Gasteiger partial charge in [-0.05, 0) is 26.7 Å². The van der Waals surface area contributed by atoms with Crippen molar-refractivity contribution in [1.82, 2.24) is 20.3 Å². The number of nitrogens with zero attached hydrogens (tertiary/aromatic N) is 3. The van der Waals surface area contributed by atoms with E-state index < -0.39 is 0 Å². The summed E-state index contributed by atoms with van der Waals surface area (Å²) in [6.07, 6.45) is 4.05. The van der Waals surface area contributed by atoms with Gasteiger partial charge in [0.25, 0.3) is 0 Å². The van der Waals surface area contributed by atoms with E-state index in [1.807, 2.05) is 33.9 Å². The molecule has 0 aliphatic heterocycles. The van der Waals surface area contributed by atoms with Gasteiger partial charge >= 0.3 is 0 Å². The zero-order chi connectivity index (χ0) is 17.1. The maximum atomic E-state index is 11.9. The molecule has 0 aliphatic carbocycles. The van der Waals surface area contributed by atoms with Gasteiger partial charge in [-0.3, -0.25) is 9.48 Å². The highest BCUT2D eigenvalue weighted by atomic mass is 16.7. The average molecular weight is 326 g/mol. The van der Waals surface area contributed by atoms with Crippen molar-refractivity contribution >= 4 is 5.91 Å². The molecule has 0 aliphatic rings. The summed E-state index contributed by atoms with van der Waals surface area (Å²) in [6.45, 7) is 10.3. The maximum Gasteiger partial charge on any atom is 0.223 e. The Hall–Kier alpha value is -1.47. The molecule has 0 atom stereocenters. The minimum Gasteiger partial charge on any atom is -0.353 e. The Kier molecular flexibility index (Phi) is 9.47. The van der Waals surface area contributed by atoms with Crippen LogP contribution in [-0.4, -0.2) is 40.4 Å². The topological polar surface area (TPSA) is 78.3 Å². The lowest BCUT2D eigenvalue weighted by Crippen LogP contribution is -2.29. The lowest BCUT2D eigenvalue weighted by Gasteiger charge is -2.16. The average Bonchev–Trinajstić information content (AvgIpc) is 3.00. The molecule has 0 unspecified atom stereocenters. The smallest absolute Gasteiger partial charge is 0.223 e. The van der Waals surface area contributed by atoms with Crippen LogP contribution in [0.3, 0.4) is 0 Å². The molecule has 132 valence electrons. The van der Waals surface area contributed by atoms with Crippen LogP contribution in [0.25, 0.3) is 0 Å². The second-order valence-corrected chi connectivity index (χ2v) is 5.33. The number of ether oxygens (including phenoxy) is 2. The predicted molar refractivity (Wildman–Crippen MR) is 87.6 cm³/mol. The van der Waals surface area contributed by atoms with E-state index in [2.05, 4.69) is 15.6 Å². The molecule has 0 radical (unpaired) electrons. The summed E-state index contributed by atoms with van der Waals surface area (Å²) in [5.41, 5.74) is 0.758. The molecule has 7 nitrogen and oxygen atoms in total. The molecule has 1 rings (SSSR count). The van der Waals surface area contributed by atoms with Crippen molar-refractivity contribution in [2.24, 2.45) is 5.92 Å². The Morgan fingerprint density at radius 3 is 2.43 bits per heavy atom. The standard InChI is InChI=1S/C16H30N4O3/c1-5-13(6-2)16(21)17-11-14-12-20(19-18-14)10-9-15(22-7-3)23-8-4/h12-13,15H,5-11H2,1-4H3,(H,17,21). The molecule has 7 heteroatoms. The molecule has 23 heavy (non-hydrogen) atoms. The van der Waals surface area contributed by atoms with Crippen molar-refractivity contribution in [2.45, 2.75) is 66.3 Å². The third kappa shape index (κ3) is 7.09. The SMILES string of the molecule is CCOC(CCn1cc(CNC(=O)C(CC)CC)nn1)OCC. The van der Waals surface area contributed by atoms with Crippen LogP contribution in [0.1, 0.15) is 52.7 Å². The first kappa shape index (κ1) is 19.6. The van der Waals surface area contributed by atoms with Gasteiger partial charge in [-0.2, -0.15) is 0 Å². The van der Waals surface area contributed by atoms with Gasteiger partial charge in [0.2, 0.25) is 5.91 Å². The number of carbonyl (C=O) groups excluding carboxylic acids is 1. The molecule has 1 aromatic rings. The van der Waals surface area contributed by atoms with E-state index in [1.54, 1.807) is 4.68 Å². The van der Waals surface area contributed by atoms with Gasteiger partial charge in [-0.25, -0.2) is 0 Å². The molecule has 0 saturated heterocycles. The Labute approximate surface area is 138 Å². The number of nitrogens with one attached hydrogen (secondary N) is 1. The number of rotatable bonds is 12. The maximum absolute atomic E-state index is 11.9. The zero-order valence-electron chi connectivity index (χ0n) is 14.7. The third-order valence-corrected chi connectivity index (χ3v) is 3.69. The molecule has 0 saturated carbocycles. The Bertz CT molecular complexity index is 440. The van der Waals surface area contributed by atoms with Crippen LogP contribution >= 0.6 is 0 Å². The number of carbonyl (C=O) groups is 1. The molecular formula is C16H30N4O3. The Balaban J connectivity index is 2.40. The summed E-state index contributed by atoms with van der Waals surface area (Å²) in [5.74, 6) is 0.153. The fourth-order valence-electron chi connectivity index (χ4n) is 2.33. The highest BCUT2D eigenvalue weighted by Crippen LogP contribution is 2.08. The van der Waals surface area contributed by atoms with Crippen molar-refractivity contribution in [1.29, 1.82) is 0 Å². The van der Waals surface area contributed by atoms with Gasteiger partial charge in [-0.1, -0.05) is 19.1 Å². The molecule has 1 aromatic heterocycles. The Morgan fingerprint density at radius 1 is 1.22 bits per heavy atom. The fourth-order valence-corrected chi connectivity index (χ4v) is 2.33. The third-order valence-electron chi connectivity index (χ3n) is 3.69. The van der Waals surface area contributed by atoms with E-state index in [0.29, 0.717) is 32.7 Å². The number of amides is 1. The van der Waals surface area contributed by atoms with Crippen molar-refractivity contribution in [3.8, 4) is 0 Å². The van der Waals surface area contributed by atoms with Gasteiger partial charge in [0.15, 0.2) is 6.29 Å². The summed E-state index contributed by atoms with van der Waals surface area (Å²) < 4.78 is 12.8. The molecule has 1 N–H and O–H groups in total. The van der Waals surface area contributed by atoms with Crippen LogP contribution in [0.5, 0.6) is 0 Å². The van der Waals surface area contributed by atoms with Crippen molar-refractivity contribution in [2.75, 3.05) is 13.2 Å². The van der Waals surface area contributed by atoms with Gasteiger partial charge in [0, 0.05) is 32.1 Å². The zero-order valence-corrected chi connectivity index (χ0v) is 14.7. The van der Waals surface area contributed by atoms with Gasteiger partial charge in [0.05, 0.1) is 12.7 Å². The minimum atomic E-state index is -0.216. The summed E-state index contributed by atoms with van der Waals surface area (Å²) in [4.78, 5) is 11.9. The van der Waals surface area contributed by atoms with Crippen LogP contribution in [0.4, 0.5) is 0 Å². The van der Waals surface area contributed by atoms with Crippen LogP contribution in [0.15, 0.2) is 6.20 Å². The number of aryl methyl sites for hydroxylation is 1. The fraction of sp³-hybridized carbons (Fsp3) is 0.812. The molecule has 0 bridgehead atoms. The van der Waals surface area contributed by atoms with E-state index >= 15 is 0 Å². The minimum absolute atomic E-state index is 0.0724. The summed E-state index contributed by atoms with van der Waals surface area (Å²) >= 11 is 0. The highest BCUT2D eigenvalue weighted by molar-refractivity contribution is 5.78. The first-order chi connectivity index (χ1) is 11.1. The quantitative estimate of drug-likeness (QED) is 0.595. The monoisotopic (exact) mass is 326 g/mol. The Morgan fingerprint density at radius 2 is 1.87 bits per heavy atom. The highest BCUT2D eigenvalue weighted by Gasteiger charge is 2.14. The predicted octanol–water partition coefficient (Wildman–Crippen LogP) is 2.12. The summed E-state index contributed by atoms with van der Waals surface area (Å²) in [6, 6.07) is 0. The van der Waals surface area contributed by atoms with Crippen molar-refractivity contribution < 1.29 is 14.3 Å². The van der Waals surface area contributed by atoms with E-state index in [1.165, 1.54) is 0 Å². The number of hydrogen-bond acceptors (Lipinski definition) is 5. The lowest BCUT2D eigenvalue weighted by atomic mass is 10.0. The molecule has 0 aromatic carbocycles. The largest absolute Gasteiger partial charge is 0.353 e. The van der Waals surface area contributed by atoms with Crippen LogP contribution in [0.2, 0.25) is 0 Å². The second-order valence-electron chi connectivity index (χ2n) is 5.33. The van der Waals surface area contributed by atoms with Gasteiger partial charge in [0.1, 0.15) is 5.69 Å². The van der Waals surface area contributed by atoms with Gasteiger partial charge in [-0.15, -0.1) is 5.10 Å². The first-order valence-corrected chi connectivity index (χ1v) is 8.54. The molecule has 0 fully saturated rings. The lowest BCUT2D eigenvalue weighted by molar-refractivity contribution is -0.141. The summed E-state index contributed by atoms with van der Waals surface area (Å²) in [5, 5.41) is 11.1.